The molecule has 1 N–H and O–H groups in total. The summed E-state index contributed by atoms with van der Waals surface area (Å²) >= 11 is 0. The largest absolute Gasteiger partial charge is 0.331 e. The minimum absolute atomic E-state index is 0.00835. The fourth-order valence-electron chi connectivity index (χ4n) is 2.85. The van der Waals surface area contributed by atoms with E-state index in [2.05, 4.69) is 18.0 Å². The quantitative estimate of drug-likeness (QED) is 0.835. The zero-order chi connectivity index (χ0) is 16.7. The van der Waals surface area contributed by atoms with Crippen LogP contribution in [0.1, 0.15) is 44.2 Å². The van der Waals surface area contributed by atoms with Crippen molar-refractivity contribution in [3.63, 3.8) is 0 Å². The highest BCUT2D eigenvalue weighted by Gasteiger charge is 2.32. The number of amides is 2. The molecule has 1 fully saturated rings. The zero-order valence-corrected chi connectivity index (χ0v) is 13.8. The molecule has 0 radical (unpaired) electrons. The molecule has 0 aliphatic carbocycles. The monoisotopic (exact) mass is 311 g/mol. The summed E-state index contributed by atoms with van der Waals surface area (Å²) in [5.74, 6) is 0. The number of hydrogen-bond donors (Lipinski definition) is 1. The molecule has 1 aliphatic rings. The molecule has 4 heteroatoms. The van der Waals surface area contributed by atoms with E-state index in [1.807, 2.05) is 48.2 Å². The van der Waals surface area contributed by atoms with Crippen LogP contribution in [-0.2, 0) is 0 Å². The van der Waals surface area contributed by atoms with Crippen molar-refractivity contribution in [1.82, 2.24) is 10.2 Å². The number of piperidine rings is 1. The smallest absolute Gasteiger partial charge is 0.317 e. The fraction of sp³-hybridized carbons (Fsp3) is 0.474. The minimum atomic E-state index is -0.293. The number of benzene rings is 1. The number of nitrogens with one attached hydrogen (secondary N) is 1. The van der Waals surface area contributed by atoms with Gasteiger partial charge in [-0.25, -0.2) is 4.79 Å². The standard InChI is InChI=1S/C19H25N3O/c1-3-4-10-17(16-8-6-5-7-9-16)21-18(23)22-13-11-19(2,15-20)12-14-22/h3,5-9,17H,1,4,10-14H2,2H3,(H,21,23)/t17-/m0/s1. The fourth-order valence-corrected chi connectivity index (χ4v) is 2.85. The predicted octanol–water partition coefficient (Wildman–Crippen LogP) is 4.03. The van der Waals surface area contributed by atoms with Crippen molar-refractivity contribution in [2.45, 2.75) is 38.6 Å². The topological polar surface area (TPSA) is 56.1 Å². The van der Waals surface area contributed by atoms with Gasteiger partial charge in [-0.3, -0.25) is 0 Å². The van der Waals surface area contributed by atoms with Gasteiger partial charge in [0.05, 0.1) is 17.5 Å². The van der Waals surface area contributed by atoms with Crippen molar-refractivity contribution >= 4 is 6.03 Å². The highest BCUT2D eigenvalue weighted by molar-refractivity contribution is 5.74. The summed E-state index contributed by atoms with van der Waals surface area (Å²) in [6, 6.07) is 12.3. The van der Waals surface area contributed by atoms with Gasteiger partial charge in [-0.05, 0) is 38.2 Å². The third kappa shape index (κ3) is 4.59. The number of carbonyl (C=O) groups is 1. The molecule has 4 nitrogen and oxygen atoms in total. The first-order chi connectivity index (χ1) is 11.1. The number of rotatable bonds is 5. The molecule has 0 bridgehead atoms. The van der Waals surface area contributed by atoms with Crippen molar-refractivity contribution in [3.05, 3.63) is 48.6 Å². The van der Waals surface area contributed by atoms with E-state index in [1.165, 1.54) is 0 Å². The summed E-state index contributed by atoms with van der Waals surface area (Å²) in [7, 11) is 0. The van der Waals surface area contributed by atoms with Crippen LogP contribution < -0.4 is 5.32 Å². The Hall–Kier alpha value is -2.28. The van der Waals surface area contributed by atoms with Crippen molar-refractivity contribution in [2.24, 2.45) is 5.41 Å². The molecule has 0 unspecified atom stereocenters. The molecule has 1 heterocycles. The van der Waals surface area contributed by atoms with E-state index in [0.717, 1.165) is 31.2 Å². The molecule has 2 amide bonds. The van der Waals surface area contributed by atoms with Crippen molar-refractivity contribution in [3.8, 4) is 6.07 Å². The van der Waals surface area contributed by atoms with Gasteiger partial charge in [-0.2, -0.15) is 5.26 Å². The van der Waals surface area contributed by atoms with Gasteiger partial charge < -0.3 is 10.2 Å². The maximum Gasteiger partial charge on any atom is 0.317 e. The molecule has 0 saturated carbocycles. The highest BCUT2D eigenvalue weighted by atomic mass is 16.2. The molecular weight excluding hydrogens is 286 g/mol. The normalized spacial score (nSPS) is 17.8. The van der Waals surface area contributed by atoms with Crippen molar-refractivity contribution < 1.29 is 4.79 Å². The van der Waals surface area contributed by atoms with Crippen LogP contribution in [0, 0.1) is 16.7 Å². The van der Waals surface area contributed by atoms with E-state index in [0.29, 0.717) is 13.1 Å². The second-order valence-electron chi connectivity index (χ2n) is 6.44. The molecule has 1 saturated heterocycles. The van der Waals surface area contributed by atoms with Gasteiger partial charge in [0.1, 0.15) is 0 Å². The Labute approximate surface area is 138 Å². The number of allylic oxidation sites excluding steroid dienone is 1. The van der Waals surface area contributed by atoms with Crippen LogP contribution in [0.15, 0.2) is 43.0 Å². The second-order valence-corrected chi connectivity index (χ2v) is 6.44. The van der Waals surface area contributed by atoms with Gasteiger partial charge in [0.15, 0.2) is 0 Å². The molecule has 122 valence electrons. The minimum Gasteiger partial charge on any atom is -0.331 e. The van der Waals surface area contributed by atoms with Gasteiger partial charge in [0.25, 0.3) is 0 Å². The Morgan fingerprint density at radius 2 is 2.09 bits per heavy atom. The molecule has 0 aromatic heterocycles. The summed E-state index contributed by atoms with van der Waals surface area (Å²) in [4.78, 5) is 14.4. The van der Waals surface area contributed by atoms with E-state index in [-0.39, 0.29) is 17.5 Å². The number of carbonyl (C=O) groups excluding carboxylic acids is 1. The van der Waals surface area contributed by atoms with Gasteiger partial charge in [0, 0.05) is 13.1 Å². The lowest BCUT2D eigenvalue weighted by Crippen LogP contribution is -2.47. The van der Waals surface area contributed by atoms with Crippen LogP contribution in [0.5, 0.6) is 0 Å². The molecule has 0 spiro atoms. The van der Waals surface area contributed by atoms with E-state index >= 15 is 0 Å². The lowest BCUT2D eigenvalue weighted by atomic mass is 9.82. The van der Waals surface area contributed by atoms with Crippen molar-refractivity contribution in [2.75, 3.05) is 13.1 Å². The SMILES string of the molecule is C=CCC[C@H](NC(=O)N1CCC(C)(C#N)CC1)c1ccccc1. The Balaban J connectivity index is 1.98. The Morgan fingerprint density at radius 1 is 1.43 bits per heavy atom. The first-order valence-electron chi connectivity index (χ1n) is 8.20. The summed E-state index contributed by atoms with van der Waals surface area (Å²) in [5, 5.41) is 12.3. The number of nitriles is 1. The van der Waals surface area contributed by atoms with Gasteiger partial charge in [0.2, 0.25) is 0 Å². The second kappa shape index (κ2) is 7.82. The summed E-state index contributed by atoms with van der Waals surface area (Å²) in [6.07, 6.45) is 5.04. The highest BCUT2D eigenvalue weighted by Crippen LogP contribution is 2.30. The zero-order valence-electron chi connectivity index (χ0n) is 13.8. The summed E-state index contributed by atoms with van der Waals surface area (Å²) in [5.41, 5.74) is 0.819. The van der Waals surface area contributed by atoms with Crippen LogP contribution in [-0.4, -0.2) is 24.0 Å². The molecule has 1 aromatic carbocycles. The summed E-state index contributed by atoms with van der Waals surface area (Å²) < 4.78 is 0. The molecule has 1 aliphatic heterocycles. The van der Waals surface area contributed by atoms with Gasteiger partial charge in [-0.15, -0.1) is 6.58 Å². The Bertz CT molecular complexity index is 568. The van der Waals surface area contributed by atoms with E-state index in [4.69, 9.17) is 0 Å². The molecule has 1 atom stereocenters. The third-order valence-electron chi connectivity index (χ3n) is 4.58. The molecule has 23 heavy (non-hydrogen) atoms. The van der Waals surface area contributed by atoms with E-state index < -0.39 is 0 Å². The van der Waals surface area contributed by atoms with Crippen LogP contribution in [0.4, 0.5) is 4.79 Å². The average molecular weight is 311 g/mol. The first-order valence-corrected chi connectivity index (χ1v) is 8.20. The Morgan fingerprint density at radius 3 is 2.65 bits per heavy atom. The number of likely N-dealkylation sites (tertiary alicyclic amines) is 1. The van der Waals surface area contributed by atoms with E-state index in [9.17, 15) is 10.1 Å². The lowest BCUT2D eigenvalue weighted by Gasteiger charge is -2.35. The van der Waals surface area contributed by atoms with E-state index in [1.54, 1.807) is 0 Å². The Kier molecular flexibility index (Phi) is 5.81. The molecular formula is C19H25N3O. The van der Waals surface area contributed by atoms with Crippen LogP contribution >= 0.6 is 0 Å². The lowest BCUT2D eigenvalue weighted by molar-refractivity contribution is 0.153. The third-order valence-corrected chi connectivity index (χ3v) is 4.58. The van der Waals surface area contributed by atoms with Gasteiger partial charge >= 0.3 is 6.03 Å². The van der Waals surface area contributed by atoms with Crippen LogP contribution in [0.25, 0.3) is 0 Å². The average Bonchev–Trinajstić information content (AvgIpc) is 2.59. The number of nitrogens with zero attached hydrogens (tertiary/aromatic N) is 2. The number of hydrogen-bond acceptors (Lipinski definition) is 2. The van der Waals surface area contributed by atoms with Crippen molar-refractivity contribution in [1.29, 1.82) is 5.26 Å². The maximum atomic E-state index is 12.6. The predicted molar refractivity (Wildman–Crippen MR) is 91.7 cm³/mol. The maximum absolute atomic E-state index is 12.6. The van der Waals surface area contributed by atoms with Crippen LogP contribution in [0.2, 0.25) is 0 Å². The van der Waals surface area contributed by atoms with Crippen LogP contribution in [0.3, 0.4) is 0 Å². The number of urea groups is 1. The molecule has 2 rings (SSSR count). The van der Waals surface area contributed by atoms with Gasteiger partial charge in [-0.1, -0.05) is 36.4 Å². The first kappa shape index (κ1) is 17.1. The summed E-state index contributed by atoms with van der Waals surface area (Å²) in [6.45, 7) is 7.01. The molecule has 1 aromatic rings.